The van der Waals surface area contributed by atoms with Gasteiger partial charge in [0.1, 0.15) is 0 Å². The number of rotatable bonds is 4. The van der Waals surface area contributed by atoms with Crippen molar-refractivity contribution in [1.82, 2.24) is 10.0 Å². The second-order valence-corrected chi connectivity index (χ2v) is 6.26. The second-order valence-electron chi connectivity index (χ2n) is 4.37. The van der Waals surface area contributed by atoms with Gasteiger partial charge in [-0.25, -0.2) is 13.1 Å². The fourth-order valence-corrected chi connectivity index (χ4v) is 2.77. The van der Waals surface area contributed by atoms with Gasteiger partial charge >= 0.3 is 0 Å². The molecule has 1 heterocycles. The van der Waals surface area contributed by atoms with Gasteiger partial charge in [0.15, 0.2) is 0 Å². The third kappa shape index (κ3) is 3.31. The summed E-state index contributed by atoms with van der Waals surface area (Å²) in [5.41, 5.74) is 0.482. The van der Waals surface area contributed by atoms with Crippen LogP contribution in [-0.4, -0.2) is 34.0 Å². The molecule has 6 nitrogen and oxygen atoms in total. The Morgan fingerprint density at radius 2 is 2.21 bits per heavy atom. The van der Waals surface area contributed by atoms with Gasteiger partial charge in [-0.1, -0.05) is 6.07 Å². The lowest BCUT2D eigenvalue weighted by Gasteiger charge is -2.12. The molecule has 1 aliphatic heterocycles. The molecule has 3 N–H and O–H groups in total. The van der Waals surface area contributed by atoms with Gasteiger partial charge in [0.05, 0.1) is 10.9 Å². The second kappa shape index (κ2) is 5.68. The maximum atomic E-state index is 11.9. The van der Waals surface area contributed by atoms with Gasteiger partial charge in [0.25, 0.3) is 0 Å². The minimum Gasteiger partial charge on any atom is -0.325 e. The number of anilines is 1. The van der Waals surface area contributed by atoms with Crippen molar-refractivity contribution in [3.63, 3.8) is 0 Å². The first-order valence-electron chi connectivity index (χ1n) is 6.11. The SMILES string of the molecule is CNS(=O)(=O)c1cccc(NC(=O)[C@H]2CCCN2)c1. The van der Waals surface area contributed by atoms with E-state index in [1.54, 1.807) is 12.1 Å². The van der Waals surface area contributed by atoms with Gasteiger partial charge in [-0.3, -0.25) is 4.79 Å². The van der Waals surface area contributed by atoms with Crippen molar-refractivity contribution in [1.29, 1.82) is 0 Å². The van der Waals surface area contributed by atoms with Crippen LogP contribution in [0.4, 0.5) is 5.69 Å². The summed E-state index contributed by atoms with van der Waals surface area (Å²) in [6, 6.07) is 6.00. The molecule has 0 bridgehead atoms. The molecule has 104 valence electrons. The maximum Gasteiger partial charge on any atom is 0.241 e. The van der Waals surface area contributed by atoms with Crippen molar-refractivity contribution in [2.75, 3.05) is 18.9 Å². The predicted molar refractivity (Wildman–Crippen MR) is 72.3 cm³/mol. The number of hydrogen-bond acceptors (Lipinski definition) is 4. The first kappa shape index (κ1) is 14.0. The monoisotopic (exact) mass is 283 g/mol. The lowest BCUT2D eigenvalue weighted by Crippen LogP contribution is -2.35. The van der Waals surface area contributed by atoms with Crippen LogP contribution in [-0.2, 0) is 14.8 Å². The normalized spacial score (nSPS) is 19.3. The molecule has 0 saturated carbocycles. The van der Waals surface area contributed by atoms with Gasteiger partial charge < -0.3 is 10.6 Å². The molecular weight excluding hydrogens is 266 g/mol. The van der Waals surface area contributed by atoms with E-state index in [9.17, 15) is 13.2 Å². The van der Waals surface area contributed by atoms with Crippen LogP contribution in [0.25, 0.3) is 0 Å². The fraction of sp³-hybridized carbons (Fsp3) is 0.417. The summed E-state index contributed by atoms with van der Waals surface area (Å²) in [5, 5.41) is 5.82. The molecule has 0 aliphatic carbocycles. The Morgan fingerprint density at radius 1 is 1.42 bits per heavy atom. The van der Waals surface area contributed by atoms with Crippen LogP contribution < -0.4 is 15.4 Å². The molecule has 2 rings (SSSR count). The Balaban J connectivity index is 2.13. The Kier molecular flexibility index (Phi) is 4.18. The lowest BCUT2D eigenvalue weighted by molar-refractivity contribution is -0.117. The summed E-state index contributed by atoms with van der Waals surface area (Å²) in [5.74, 6) is -0.128. The van der Waals surface area contributed by atoms with E-state index in [0.29, 0.717) is 5.69 Å². The molecule has 0 spiro atoms. The molecule has 19 heavy (non-hydrogen) atoms. The molecule has 1 saturated heterocycles. The summed E-state index contributed by atoms with van der Waals surface area (Å²) in [4.78, 5) is 12.0. The number of amides is 1. The maximum absolute atomic E-state index is 11.9. The Labute approximate surface area is 112 Å². The highest BCUT2D eigenvalue weighted by atomic mass is 32.2. The zero-order valence-electron chi connectivity index (χ0n) is 10.6. The Bertz CT molecular complexity index is 565. The van der Waals surface area contributed by atoms with Crippen molar-refractivity contribution in [3.05, 3.63) is 24.3 Å². The lowest BCUT2D eigenvalue weighted by atomic mass is 10.2. The summed E-state index contributed by atoms with van der Waals surface area (Å²) in [6.07, 6.45) is 1.78. The topological polar surface area (TPSA) is 87.3 Å². The van der Waals surface area contributed by atoms with E-state index >= 15 is 0 Å². The zero-order chi connectivity index (χ0) is 13.9. The van der Waals surface area contributed by atoms with Gasteiger partial charge in [-0.15, -0.1) is 0 Å². The third-order valence-electron chi connectivity index (χ3n) is 3.06. The summed E-state index contributed by atoms with van der Waals surface area (Å²) in [7, 11) is -2.14. The van der Waals surface area contributed by atoms with Crippen molar-refractivity contribution >= 4 is 21.6 Å². The highest BCUT2D eigenvalue weighted by Gasteiger charge is 2.22. The average molecular weight is 283 g/mol. The van der Waals surface area contributed by atoms with Crippen molar-refractivity contribution < 1.29 is 13.2 Å². The van der Waals surface area contributed by atoms with E-state index in [-0.39, 0.29) is 16.8 Å². The van der Waals surface area contributed by atoms with Gasteiger partial charge in [0, 0.05) is 5.69 Å². The van der Waals surface area contributed by atoms with Crippen LogP contribution in [0.1, 0.15) is 12.8 Å². The van der Waals surface area contributed by atoms with Crippen molar-refractivity contribution in [3.8, 4) is 0 Å². The first-order chi connectivity index (χ1) is 9.03. The molecule has 1 fully saturated rings. The molecule has 7 heteroatoms. The molecule has 1 aromatic carbocycles. The van der Waals surface area contributed by atoms with E-state index < -0.39 is 10.0 Å². The van der Waals surface area contributed by atoms with Gasteiger partial charge in [0.2, 0.25) is 15.9 Å². The summed E-state index contributed by atoms with van der Waals surface area (Å²) in [6.45, 7) is 0.840. The predicted octanol–water partition coefficient (Wildman–Crippen LogP) is 0.285. The first-order valence-corrected chi connectivity index (χ1v) is 7.59. The van der Waals surface area contributed by atoms with E-state index in [4.69, 9.17) is 0 Å². The largest absolute Gasteiger partial charge is 0.325 e. The van der Waals surface area contributed by atoms with Crippen molar-refractivity contribution in [2.24, 2.45) is 0 Å². The molecule has 0 radical (unpaired) electrons. The van der Waals surface area contributed by atoms with Crippen LogP contribution in [0.15, 0.2) is 29.2 Å². The quantitative estimate of drug-likeness (QED) is 0.741. The molecule has 0 aromatic heterocycles. The standard InChI is InChI=1S/C12H17N3O3S/c1-13-19(17,18)10-5-2-4-9(8-10)15-12(16)11-6-3-7-14-11/h2,4-5,8,11,13-14H,3,6-7H2,1H3,(H,15,16)/t11-/m1/s1. The summed E-state index contributed by atoms with van der Waals surface area (Å²) >= 11 is 0. The fourth-order valence-electron chi connectivity index (χ4n) is 2.00. The highest BCUT2D eigenvalue weighted by Crippen LogP contribution is 2.16. The Morgan fingerprint density at radius 3 is 2.84 bits per heavy atom. The van der Waals surface area contributed by atoms with E-state index in [1.807, 2.05) is 0 Å². The molecule has 1 aliphatic rings. The number of sulfonamides is 1. The Hall–Kier alpha value is -1.44. The average Bonchev–Trinajstić information content (AvgIpc) is 2.93. The van der Waals surface area contributed by atoms with Gasteiger partial charge in [-0.05, 0) is 44.6 Å². The third-order valence-corrected chi connectivity index (χ3v) is 4.47. The van der Waals surface area contributed by atoms with Crippen LogP contribution in [0.2, 0.25) is 0 Å². The molecule has 1 aromatic rings. The van der Waals surface area contributed by atoms with E-state index in [1.165, 1.54) is 19.2 Å². The van der Waals surface area contributed by atoms with E-state index in [0.717, 1.165) is 19.4 Å². The van der Waals surface area contributed by atoms with Crippen molar-refractivity contribution in [2.45, 2.75) is 23.8 Å². The van der Waals surface area contributed by atoms with Crippen LogP contribution in [0.5, 0.6) is 0 Å². The van der Waals surface area contributed by atoms with E-state index in [2.05, 4.69) is 15.4 Å². The number of benzene rings is 1. The number of nitrogens with one attached hydrogen (secondary N) is 3. The molecular formula is C12H17N3O3S. The number of carbonyl (C=O) groups excluding carboxylic acids is 1. The zero-order valence-corrected chi connectivity index (χ0v) is 11.5. The van der Waals surface area contributed by atoms with Crippen LogP contribution >= 0.6 is 0 Å². The van der Waals surface area contributed by atoms with Gasteiger partial charge in [-0.2, -0.15) is 0 Å². The summed E-state index contributed by atoms with van der Waals surface area (Å²) < 4.78 is 25.6. The van der Waals surface area contributed by atoms with Crippen LogP contribution in [0, 0.1) is 0 Å². The molecule has 0 unspecified atom stereocenters. The molecule has 1 amide bonds. The minimum atomic E-state index is -3.49. The smallest absolute Gasteiger partial charge is 0.241 e. The number of carbonyl (C=O) groups is 1. The van der Waals surface area contributed by atoms with Crippen LogP contribution in [0.3, 0.4) is 0 Å². The minimum absolute atomic E-state index is 0.128. The number of hydrogen-bond donors (Lipinski definition) is 3. The highest BCUT2D eigenvalue weighted by molar-refractivity contribution is 7.89. The molecule has 1 atom stereocenters.